The Morgan fingerprint density at radius 3 is 2.75 bits per heavy atom. The van der Waals surface area contributed by atoms with E-state index in [1.807, 2.05) is 0 Å². The number of hydrogen-bond donors (Lipinski definition) is 1. The van der Waals surface area contributed by atoms with Gasteiger partial charge in [-0.1, -0.05) is 0 Å². The largest absolute Gasteiger partial charge is 0.422 e. The van der Waals surface area contributed by atoms with Gasteiger partial charge in [-0.15, -0.1) is 0 Å². The van der Waals surface area contributed by atoms with Gasteiger partial charge >= 0.3 is 6.01 Å². The molecule has 16 heavy (non-hydrogen) atoms. The highest BCUT2D eigenvalue weighted by Crippen LogP contribution is 2.21. The number of nitrogen functional groups attached to an aromatic ring is 1. The van der Waals surface area contributed by atoms with Gasteiger partial charge in [0.1, 0.15) is 0 Å². The van der Waals surface area contributed by atoms with E-state index in [1.54, 1.807) is 12.3 Å². The number of pyridine rings is 1. The quantitative estimate of drug-likeness (QED) is 0.913. The van der Waals surface area contributed by atoms with Gasteiger partial charge in [-0.2, -0.15) is 15.0 Å². The summed E-state index contributed by atoms with van der Waals surface area (Å²) in [4.78, 5) is 15.0. The SMILES string of the molecule is Nc1nc(Cl)nc(Oc2cncc(Br)c2)n1. The molecular formula is C8H5BrClN5O. The Morgan fingerprint density at radius 1 is 1.25 bits per heavy atom. The molecule has 0 aliphatic heterocycles. The Labute approximate surface area is 104 Å². The highest BCUT2D eigenvalue weighted by molar-refractivity contribution is 9.10. The lowest BCUT2D eigenvalue weighted by molar-refractivity contribution is 0.438. The molecule has 82 valence electrons. The smallest absolute Gasteiger partial charge is 0.328 e. The number of nitrogens with two attached hydrogens (primary N) is 1. The predicted octanol–water partition coefficient (Wildman–Crippen LogP) is 2.06. The molecule has 2 aromatic heterocycles. The fourth-order valence-corrected chi connectivity index (χ4v) is 1.45. The second-order valence-corrected chi connectivity index (χ2v) is 3.94. The van der Waals surface area contributed by atoms with Gasteiger partial charge in [0, 0.05) is 10.7 Å². The highest BCUT2D eigenvalue weighted by Gasteiger charge is 2.05. The van der Waals surface area contributed by atoms with Gasteiger partial charge in [0.25, 0.3) is 0 Å². The van der Waals surface area contributed by atoms with E-state index in [2.05, 4.69) is 35.9 Å². The number of anilines is 1. The van der Waals surface area contributed by atoms with Gasteiger partial charge in [-0.3, -0.25) is 4.98 Å². The van der Waals surface area contributed by atoms with Gasteiger partial charge in [0.05, 0.1) is 6.20 Å². The maximum Gasteiger partial charge on any atom is 0.328 e. The summed E-state index contributed by atoms with van der Waals surface area (Å²) in [5.74, 6) is 0.467. The fraction of sp³-hybridized carbons (Fsp3) is 0. The van der Waals surface area contributed by atoms with Crippen LogP contribution in [0.15, 0.2) is 22.9 Å². The van der Waals surface area contributed by atoms with Crippen molar-refractivity contribution in [2.24, 2.45) is 0 Å². The molecular weight excluding hydrogens is 297 g/mol. The van der Waals surface area contributed by atoms with E-state index in [-0.39, 0.29) is 17.2 Å². The highest BCUT2D eigenvalue weighted by atomic mass is 79.9. The molecule has 2 N–H and O–H groups in total. The average Bonchev–Trinajstić information content (AvgIpc) is 2.15. The van der Waals surface area contributed by atoms with Crippen molar-refractivity contribution in [1.82, 2.24) is 19.9 Å². The number of ether oxygens (including phenoxy) is 1. The summed E-state index contributed by atoms with van der Waals surface area (Å²) >= 11 is 8.86. The molecule has 2 heterocycles. The lowest BCUT2D eigenvalue weighted by Gasteiger charge is -2.03. The third kappa shape index (κ3) is 2.77. The van der Waals surface area contributed by atoms with Crippen LogP contribution in [-0.4, -0.2) is 19.9 Å². The number of rotatable bonds is 2. The van der Waals surface area contributed by atoms with Gasteiger partial charge in [-0.05, 0) is 33.6 Å². The molecule has 0 aliphatic carbocycles. The summed E-state index contributed by atoms with van der Waals surface area (Å²) < 4.78 is 6.08. The van der Waals surface area contributed by atoms with Crippen LogP contribution in [0.5, 0.6) is 11.8 Å². The van der Waals surface area contributed by atoms with Crippen LogP contribution in [0, 0.1) is 0 Å². The molecule has 0 saturated heterocycles. The first-order chi connectivity index (χ1) is 7.63. The van der Waals surface area contributed by atoms with Crippen LogP contribution in [0.4, 0.5) is 5.95 Å². The molecule has 2 rings (SSSR count). The van der Waals surface area contributed by atoms with Crippen LogP contribution in [0.3, 0.4) is 0 Å². The second kappa shape index (κ2) is 4.58. The van der Waals surface area contributed by atoms with Crippen LogP contribution >= 0.6 is 27.5 Å². The lowest BCUT2D eigenvalue weighted by Crippen LogP contribution is -2.00. The van der Waals surface area contributed by atoms with E-state index >= 15 is 0 Å². The van der Waals surface area contributed by atoms with Crippen LogP contribution in [-0.2, 0) is 0 Å². The zero-order valence-electron chi connectivity index (χ0n) is 7.76. The molecule has 0 aliphatic rings. The Hall–Kier alpha value is -1.47. The molecule has 0 unspecified atom stereocenters. The van der Waals surface area contributed by atoms with Crippen molar-refractivity contribution < 1.29 is 4.74 Å². The second-order valence-electron chi connectivity index (χ2n) is 2.69. The molecule has 0 fully saturated rings. The monoisotopic (exact) mass is 301 g/mol. The maximum atomic E-state index is 5.60. The standard InChI is InChI=1S/C8H5BrClN5O/c9-4-1-5(3-12-2-4)16-8-14-6(10)13-7(11)15-8/h1-3H,(H2,11,13,14,15). The summed E-state index contributed by atoms with van der Waals surface area (Å²) in [6, 6.07) is 1.73. The molecule has 0 radical (unpaired) electrons. The minimum Gasteiger partial charge on any atom is -0.422 e. The maximum absolute atomic E-state index is 5.60. The Bertz CT molecular complexity index is 503. The van der Waals surface area contributed by atoms with Crippen LogP contribution in [0.2, 0.25) is 5.28 Å². The Kier molecular flexibility index (Phi) is 3.16. The van der Waals surface area contributed by atoms with Gasteiger partial charge in [0.15, 0.2) is 5.75 Å². The minimum absolute atomic E-state index is 0.00189. The summed E-state index contributed by atoms with van der Waals surface area (Å²) in [6.45, 7) is 0. The van der Waals surface area contributed by atoms with E-state index in [9.17, 15) is 0 Å². The first-order valence-corrected chi connectivity index (χ1v) is 5.26. The third-order valence-corrected chi connectivity index (χ3v) is 2.10. The summed E-state index contributed by atoms with van der Waals surface area (Å²) in [5.41, 5.74) is 5.39. The third-order valence-electron chi connectivity index (χ3n) is 1.49. The minimum atomic E-state index is -0.0227. The van der Waals surface area contributed by atoms with Crippen molar-refractivity contribution in [2.75, 3.05) is 5.73 Å². The molecule has 0 atom stereocenters. The molecule has 0 amide bonds. The van der Waals surface area contributed by atoms with Gasteiger partial charge < -0.3 is 10.5 Å². The van der Waals surface area contributed by atoms with Crippen molar-refractivity contribution in [3.8, 4) is 11.8 Å². The van der Waals surface area contributed by atoms with E-state index in [0.29, 0.717) is 5.75 Å². The summed E-state index contributed by atoms with van der Waals surface area (Å²) in [6.07, 6.45) is 3.14. The van der Waals surface area contributed by atoms with E-state index in [1.165, 1.54) is 6.20 Å². The molecule has 0 spiro atoms. The van der Waals surface area contributed by atoms with Crippen molar-refractivity contribution in [1.29, 1.82) is 0 Å². The molecule has 2 aromatic rings. The van der Waals surface area contributed by atoms with Crippen LogP contribution in [0.1, 0.15) is 0 Å². The van der Waals surface area contributed by atoms with Crippen molar-refractivity contribution >= 4 is 33.5 Å². The number of hydrogen-bond acceptors (Lipinski definition) is 6. The summed E-state index contributed by atoms with van der Waals surface area (Å²) in [5, 5.41) is -0.0227. The number of aromatic nitrogens is 4. The van der Waals surface area contributed by atoms with E-state index in [4.69, 9.17) is 22.1 Å². The van der Waals surface area contributed by atoms with Gasteiger partial charge in [0.2, 0.25) is 11.2 Å². The van der Waals surface area contributed by atoms with Crippen LogP contribution < -0.4 is 10.5 Å². The van der Waals surface area contributed by atoms with Crippen molar-refractivity contribution in [2.45, 2.75) is 0 Å². The zero-order valence-corrected chi connectivity index (χ0v) is 10.1. The first kappa shape index (κ1) is 11.0. The number of halogens is 2. The Morgan fingerprint density at radius 2 is 2.06 bits per heavy atom. The molecule has 0 aromatic carbocycles. The fourth-order valence-electron chi connectivity index (χ4n) is 0.946. The van der Waals surface area contributed by atoms with Crippen LogP contribution in [0.25, 0.3) is 0 Å². The van der Waals surface area contributed by atoms with Gasteiger partial charge in [-0.25, -0.2) is 0 Å². The normalized spacial score (nSPS) is 10.1. The molecule has 8 heteroatoms. The van der Waals surface area contributed by atoms with Crippen molar-refractivity contribution in [3.63, 3.8) is 0 Å². The predicted molar refractivity (Wildman–Crippen MR) is 61.3 cm³/mol. The molecule has 6 nitrogen and oxygen atoms in total. The molecule has 0 bridgehead atoms. The topological polar surface area (TPSA) is 86.8 Å². The van der Waals surface area contributed by atoms with E-state index in [0.717, 1.165) is 4.47 Å². The lowest BCUT2D eigenvalue weighted by atomic mass is 10.5. The number of nitrogens with zero attached hydrogens (tertiary/aromatic N) is 4. The average molecular weight is 303 g/mol. The van der Waals surface area contributed by atoms with E-state index < -0.39 is 0 Å². The molecule has 0 saturated carbocycles. The van der Waals surface area contributed by atoms with Crippen molar-refractivity contribution in [3.05, 3.63) is 28.2 Å². The zero-order chi connectivity index (χ0) is 11.5. The Balaban J connectivity index is 2.27. The first-order valence-electron chi connectivity index (χ1n) is 4.09. The summed E-state index contributed by atoms with van der Waals surface area (Å²) in [7, 11) is 0.